The third-order valence-electron chi connectivity index (χ3n) is 9.13. The van der Waals surface area contributed by atoms with Crippen LogP contribution in [0, 0.1) is 5.82 Å². The Balaban J connectivity index is 1.32. The lowest BCUT2D eigenvalue weighted by atomic mass is 9.95. The van der Waals surface area contributed by atoms with E-state index >= 15 is 4.39 Å². The molecular weight excluding hydrogens is 559 g/mol. The molecule has 0 radical (unpaired) electrons. The molecule has 0 spiro atoms. The van der Waals surface area contributed by atoms with Gasteiger partial charge in [-0.1, -0.05) is 6.07 Å². The molecule has 13 heteroatoms. The van der Waals surface area contributed by atoms with Crippen molar-refractivity contribution in [2.75, 3.05) is 37.7 Å². The Bertz CT molecular complexity index is 1510. The number of rotatable bonds is 6. The van der Waals surface area contributed by atoms with Crippen molar-refractivity contribution in [1.29, 1.82) is 0 Å². The van der Waals surface area contributed by atoms with Crippen LogP contribution in [0.1, 0.15) is 37.7 Å². The number of hydrogen-bond donors (Lipinski definition) is 2. The first-order valence-corrected chi connectivity index (χ1v) is 14.4. The number of hydrogen-bond acceptors (Lipinski definition) is 8. The van der Waals surface area contributed by atoms with Crippen molar-refractivity contribution >= 4 is 16.7 Å². The summed E-state index contributed by atoms with van der Waals surface area (Å²) in [4.78, 5) is 17.5. The number of pyridine rings is 1. The number of fused-ring (bicyclic) bond motifs is 4. The lowest BCUT2D eigenvalue weighted by Gasteiger charge is -2.34. The molecule has 2 N–H and O–H groups in total. The summed E-state index contributed by atoms with van der Waals surface area (Å²) in [6.07, 6.45) is -1.38. The molecule has 4 aliphatic rings. The molecule has 2 bridgehead atoms. The van der Waals surface area contributed by atoms with Gasteiger partial charge in [0, 0.05) is 49.9 Å². The second kappa shape index (κ2) is 10.1. The predicted octanol–water partition coefficient (Wildman–Crippen LogP) is 4.54. The Morgan fingerprint density at radius 2 is 1.90 bits per heavy atom. The Labute approximate surface area is 238 Å². The van der Waals surface area contributed by atoms with E-state index in [0.717, 1.165) is 50.4 Å². The van der Waals surface area contributed by atoms with Gasteiger partial charge in [0.1, 0.15) is 35.6 Å². The Morgan fingerprint density at radius 1 is 1.12 bits per heavy atom. The van der Waals surface area contributed by atoms with Gasteiger partial charge in [0.15, 0.2) is 5.82 Å². The molecule has 6 heterocycles. The van der Waals surface area contributed by atoms with E-state index in [9.17, 15) is 22.7 Å². The van der Waals surface area contributed by atoms with Gasteiger partial charge in [0.2, 0.25) is 0 Å². The third-order valence-corrected chi connectivity index (χ3v) is 9.13. The SMILES string of the molecule is Oc1ccc(CC(F)(F)F)c(-c2ncc3c(N4CC5CCC(C4)N5)nc(OCC45CCCN4C[C@H](F)C5)nc3c2F)c1. The van der Waals surface area contributed by atoms with Gasteiger partial charge >= 0.3 is 12.2 Å². The molecular formula is C29H31F5N6O2. The number of halogens is 5. The van der Waals surface area contributed by atoms with Gasteiger partial charge in [-0.25, -0.2) is 8.78 Å². The lowest BCUT2D eigenvalue weighted by Crippen LogP contribution is -2.51. The molecule has 0 aliphatic carbocycles. The smallest absolute Gasteiger partial charge is 0.393 e. The molecule has 42 heavy (non-hydrogen) atoms. The highest BCUT2D eigenvalue weighted by molar-refractivity contribution is 5.92. The number of anilines is 1. The third kappa shape index (κ3) is 5.00. The number of phenolic OH excluding ortho intramolecular Hbond substituents is 1. The van der Waals surface area contributed by atoms with Crippen molar-refractivity contribution in [3.63, 3.8) is 0 Å². The second-order valence-electron chi connectivity index (χ2n) is 12.1. The lowest BCUT2D eigenvalue weighted by molar-refractivity contribution is -0.127. The van der Waals surface area contributed by atoms with Crippen LogP contribution in [-0.4, -0.2) is 87.7 Å². The van der Waals surface area contributed by atoms with Gasteiger partial charge < -0.3 is 20.1 Å². The summed E-state index contributed by atoms with van der Waals surface area (Å²) in [5.41, 5.74) is -1.36. The topological polar surface area (TPSA) is 86.6 Å². The minimum atomic E-state index is -4.55. The zero-order valence-electron chi connectivity index (χ0n) is 22.8. The molecule has 0 amide bonds. The van der Waals surface area contributed by atoms with Crippen molar-refractivity contribution < 1.29 is 31.8 Å². The molecule has 3 unspecified atom stereocenters. The van der Waals surface area contributed by atoms with Crippen LogP contribution < -0.4 is 15.0 Å². The van der Waals surface area contributed by atoms with E-state index in [1.54, 1.807) is 0 Å². The molecule has 8 nitrogen and oxygen atoms in total. The van der Waals surface area contributed by atoms with Gasteiger partial charge in [-0.2, -0.15) is 23.1 Å². The van der Waals surface area contributed by atoms with E-state index in [-0.39, 0.29) is 52.8 Å². The highest BCUT2D eigenvalue weighted by Crippen LogP contribution is 2.41. The van der Waals surface area contributed by atoms with Crippen LogP contribution >= 0.6 is 0 Å². The van der Waals surface area contributed by atoms with E-state index in [0.29, 0.717) is 37.3 Å². The Kier molecular flexibility index (Phi) is 6.65. The first-order valence-electron chi connectivity index (χ1n) is 14.4. The zero-order valence-corrected chi connectivity index (χ0v) is 22.8. The predicted molar refractivity (Wildman–Crippen MR) is 145 cm³/mol. The minimum Gasteiger partial charge on any atom is -0.508 e. The van der Waals surface area contributed by atoms with E-state index in [1.165, 1.54) is 6.20 Å². The average molecular weight is 591 g/mol. The molecule has 4 aliphatic heterocycles. The van der Waals surface area contributed by atoms with Gasteiger partial charge in [0.05, 0.1) is 17.3 Å². The maximum atomic E-state index is 16.3. The fraction of sp³-hybridized carbons (Fsp3) is 0.552. The van der Waals surface area contributed by atoms with Crippen molar-refractivity contribution in [3.05, 3.63) is 35.8 Å². The van der Waals surface area contributed by atoms with Crippen LogP contribution in [0.25, 0.3) is 22.2 Å². The number of benzene rings is 1. The molecule has 4 atom stereocenters. The largest absolute Gasteiger partial charge is 0.508 e. The number of piperazine rings is 1. The summed E-state index contributed by atoms with van der Waals surface area (Å²) in [6, 6.07) is 3.75. The molecule has 0 saturated carbocycles. The van der Waals surface area contributed by atoms with Gasteiger partial charge in [-0.05, 0) is 49.9 Å². The number of aromatic nitrogens is 3. The van der Waals surface area contributed by atoms with Crippen LogP contribution in [0.3, 0.4) is 0 Å². The summed E-state index contributed by atoms with van der Waals surface area (Å²) in [5, 5.41) is 13.9. The van der Waals surface area contributed by atoms with Crippen LogP contribution in [-0.2, 0) is 6.42 Å². The summed E-state index contributed by atoms with van der Waals surface area (Å²) in [5.74, 6) is -0.809. The minimum absolute atomic E-state index is 0.0746. The summed E-state index contributed by atoms with van der Waals surface area (Å²) >= 11 is 0. The number of phenols is 1. The quantitative estimate of drug-likeness (QED) is 0.405. The van der Waals surface area contributed by atoms with E-state index < -0.39 is 30.1 Å². The van der Waals surface area contributed by atoms with Crippen LogP contribution in [0.15, 0.2) is 24.4 Å². The molecule has 7 rings (SSSR count). The number of ether oxygens (including phenoxy) is 1. The molecule has 224 valence electrons. The number of alkyl halides is 4. The first-order chi connectivity index (χ1) is 20.1. The number of nitrogens with zero attached hydrogens (tertiary/aromatic N) is 5. The van der Waals surface area contributed by atoms with Crippen LogP contribution in [0.5, 0.6) is 11.8 Å². The molecule has 4 fully saturated rings. The maximum absolute atomic E-state index is 16.3. The highest BCUT2D eigenvalue weighted by atomic mass is 19.4. The fourth-order valence-corrected chi connectivity index (χ4v) is 7.29. The fourth-order valence-electron chi connectivity index (χ4n) is 7.29. The van der Waals surface area contributed by atoms with Crippen molar-refractivity contribution in [1.82, 2.24) is 25.2 Å². The first kappa shape index (κ1) is 27.5. The van der Waals surface area contributed by atoms with Crippen molar-refractivity contribution in [2.45, 2.75) is 68.5 Å². The van der Waals surface area contributed by atoms with Gasteiger partial charge in [-0.3, -0.25) is 9.88 Å². The van der Waals surface area contributed by atoms with E-state index in [1.807, 2.05) is 4.90 Å². The highest BCUT2D eigenvalue weighted by Gasteiger charge is 2.49. The summed E-state index contributed by atoms with van der Waals surface area (Å²) in [7, 11) is 0. The molecule has 2 aromatic heterocycles. The Hall–Kier alpha value is -3.32. The normalized spacial score (nSPS) is 27.6. The summed E-state index contributed by atoms with van der Waals surface area (Å²) in [6.45, 7) is 2.55. The number of nitrogens with one attached hydrogen (secondary N) is 1. The Morgan fingerprint density at radius 3 is 2.67 bits per heavy atom. The molecule has 4 saturated heterocycles. The molecule has 1 aromatic carbocycles. The van der Waals surface area contributed by atoms with E-state index in [2.05, 4.69) is 20.2 Å². The van der Waals surface area contributed by atoms with Gasteiger partial charge in [-0.15, -0.1) is 0 Å². The summed E-state index contributed by atoms with van der Waals surface area (Å²) < 4.78 is 76.8. The van der Waals surface area contributed by atoms with Gasteiger partial charge in [0.25, 0.3) is 0 Å². The van der Waals surface area contributed by atoms with Crippen LogP contribution in [0.2, 0.25) is 0 Å². The van der Waals surface area contributed by atoms with Crippen molar-refractivity contribution in [2.24, 2.45) is 0 Å². The van der Waals surface area contributed by atoms with Crippen LogP contribution in [0.4, 0.5) is 27.8 Å². The molecule has 3 aromatic rings. The zero-order chi connectivity index (χ0) is 29.2. The van der Waals surface area contributed by atoms with E-state index in [4.69, 9.17) is 9.72 Å². The standard InChI is InChI=1S/C29H31F5N6O2/c30-17-10-28(6-1-7-40(28)12-17)15-42-27-37-25-22(26(38-27)39-13-18-3-4-19(14-39)36-18)11-35-24(23(25)31)21-8-20(41)5-2-16(21)9-29(32,33)34/h2,5,8,11,17-19,36,41H,1,3-4,6-7,9-10,12-15H2/t17-,18?,19?,28?/m1/s1. The number of aromatic hydroxyl groups is 1. The monoisotopic (exact) mass is 590 g/mol. The second-order valence-corrected chi connectivity index (χ2v) is 12.1. The maximum Gasteiger partial charge on any atom is 0.393 e. The van der Waals surface area contributed by atoms with Crippen molar-refractivity contribution in [3.8, 4) is 23.0 Å². The average Bonchev–Trinajstić information content (AvgIpc) is 3.58.